The molecule has 1 aliphatic carbocycles. The van der Waals surface area contributed by atoms with Crippen LogP contribution < -0.4 is 10.1 Å². The zero-order chi connectivity index (χ0) is 15.1. The molecule has 3 atom stereocenters. The van der Waals surface area contributed by atoms with Crippen molar-refractivity contribution >= 4 is 5.69 Å². The summed E-state index contributed by atoms with van der Waals surface area (Å²) in [5.41, 5.74) is 3.24. The average molecular weight is 295 g/mol. The lowest BCUT2D eigenvalue weighted by Crippen LogP contribution is -2.29. The van der Waals surface area contributed by atoms with Gasteiger partial charge in [-0.15, -0.1) is 0 Å². The van der Waals surface area contributed by atoms with E-state index in [1.165, 1.54) is 11.6 Å². The van der Waals surface area contributed by atoms with E-state index in [4.69, 9.17) is 4.74 Å². The number of benzene rings is 2. The predicted molar refractivity (Wildman–Crippen MR) is 85.7 cm³/mol. The number of hydrogen-bond acceptors (Lipinski definition) is 2. The van der Waals surface area contributed by atoms with Crippen molar-refractivity contribution in [3.63, 3.8) is 0 Å². The van der Waals surface area contributed by atoms with Gasteiger partial charge in [-0.05, 0) is 42.2 Å². The van der Waals surface area contributed by atoms with Crippen LogP contribution in [0.1, 0.15) is 29.5 Å². The Morgan fingerprint density at radius 2 is 2.00 bits per heavy atom. The first-order valence-electron chi connectivity index (χ1n) is 7.63. The largest absolute Gasteiger partial charge is 0.496 e. The molecule has 112 valence electrons. The highest BCUT2D eigenvalue weighted by Crippen LogP contribution is 2.51. The number of hydrogen-bond donors (Lipinski definition) is 1. The van der Waals surface area contributed by atoms with Crippen LogP contribution in [0.4, 0.5) is 10.1 Å². The predicted octanol–water partition coefficient (Wildman–Crippen LogP) is 4.66. The molecule has 22 heavy (non-hydrogen) atoms. The van der Waals surface area contributed by atoms with Crippen molar-refractivity contribution in [2.24, 2.45) is 5.92 Å². The van der Waals surface area contributed by atoms with Crippen LogP contribution in [0.25, 0.3) is 0 Å². The van der Waals surface area contributed by atoms with Crippen LogP contribution in [0.5, 0.6) is 5.75 Å². The monoisotopic (exact) mass is 295 g/mol. The molecule has 0 fully saturated rings. The van der Waals surface area contributed by atoms with E-state index in [1.54, 1.807) is 13.2 Å². The van der Waals surface area contributed by atoms with Crippen molar-refractivity contribution in [2.75, 3.05) is 12.4 Å². The molecule has 0 unspecified atom stereocenters. The number of methoxy groups -OCH3 is 1. The molecule has 0 saturated carbocycles. The fourth-order valence-corrected chi connectivity index (χ4v) is 3.80. The number of fused-ring (bicyclic) bond motifs is 3. The summed E-state index contributed by atoms with van der Waals surface area (Å²) in [7, 11) is 1.70. The molecule has 0 amide bonds. The van der Waals surface area contributed by atoms with Crippen LogP contribution in [0.15, 0.2) is 54.6 Å². The summed E-state index contributed by atoms with van der Waals surface area (Å²) < 4.78 is 19.2. The Morgan fingerprint density at radius 1 is 1.14 bits per heavy atom. The van der Waals surface area contributed by atoms with Gasteiger partial charge in [-0.1, -0.05) is 30.4 Å². The second kappa shape index (κ2) is 5.16. The van der Waals surface area contributed by atoms with E-state index in [9.17, 15) is 4.39 Å². The highest BCUT2D eigenvalue weighted by atomic mass is 19.1. The summed E-state index contributed by atoms with van der Waals surface area (Å²) in [6, 6.07) is 13.3. The second-order valence-electron chi connectivity index (χ2n) is 5.95. The van der Waals surface area contributed by atoms with E-state index in [1.807, 2.05) is 24.3 Å². The third-order valence-electron chi connectivity index (χ3n) is 4.80. The third kappa shape index (κ3) is 2.00. The summed E-state index contributed by atoms with van der Waals surface area (Å²) in [5.74, 6) is 1.39. The lowest BCUT2D eigenvalue weighted by Gasteiger charge is -2.38. The number of allylic oxidation sites excluding steroid dienone is 2. The van der Waals surface area contributed by atoms with Crippen molar-refractivity contribution < 1.29 is 9.13 Å². The van der Waals surface area contributed by atoms with Gasteiger partial charge in [-0.25, -0.2) is 4.39 Å². The van der Waals surface area contributed by atoms with Crippen molar-refractivity contribution in [1.82, 2.24) is 0 Å². The fourth-order valence-electron chi connectivity index (χ4n) is 3.80. The van der Waals surface area contributed by atoms with Crippen LogP contribution in [0, 0.1) is 11.7 Å². The van der Waals surface area contributed by atoms with Gasteiger partial charge in [0.05, 0.1) is 13.2 Å². The van der Waals surface area contributed by atoms with E-state index >= 15 is 0 Å². The third-order valence-corrected chi connectivity index (χ3v) is 4.80. The highest BCUT2D eigenvalue weighted by Gasteiger charge is 2.38. The number of halogens is 1. The highest BCUT2D eigenvalue weighted by molar-refractivity contribution is 5.60. The molecule has 2 aliphatic rings. The Labute approximate surface area is 129 Å². The number of nitrogens with one attached hydrogen (secondary N) is 1. The number of anilines is 1. The van der Waals surface area contributed by atoms with Gasteiger partial charge in [-0.2, -0.15) is 0 Å². The quantitative estimate of drug-likeness (QED) is 0.814. The first kappa shape index (κ1) is 13.4. The Balaban J connectivity index is 1.81. The SMILES string of the molecule is COc1ccccc1[C@@H]1Nc2ccc(F)cc2[C@H]2C=CC[C@@H]21. The first-order chi connectivity index (χ1) is 10.8. The van der Waals surface area contributed by atoms with Gasteiger partial charge in [0, 0.05) is 17.2 Å². The van der Waals surface area contributed by atoms with Gasteiger partial charge >= 0.3 is 0 Å². The van der Waals surface area contributed by atoms with Gasteiger partial charge in [-0.3, -0.25) is 0 Å². The topological polar surface area (TPSA) is 21.3 Å². The molecule has 3 heteroatoms. The summed E-state index contributed by atoms with van der Waals surface area (Å²) in [6.45, 7) is 0. The minimum Gasteiger partial charge on any atom is -0.496 e. The molecule has 0 bridgehead atoms. The smallest absolute Gasteiger partial charge is 0.124 e. The van der Waals surface area contributed by atoms with Gasteiger partial charge in [0.15, 0.2) is 0 Å². The normalized spacial score (nSPS) is 25.3. The van der Waals surface area contributed by atoms with Crippen LogP contribution in [0.3, 0.4) is 0 Å². The van der Waals surface area contributed by atoms with Crippen molar-refractivity contribution in [1.29, 1.82) is 0 Å². The average Bonchev–Trinajstić information content (AvgIpc) is 3.04. The number of rotatable bonds is 2. The Hall–Kier alpha value is -2.29. The van der Waals surface area contributed by atoms with Crippen LogP contribution in [-0.2, 0) is 0 Å². The lowest BCUT2D eigenvalue weighted by molar-refractivity contribution is 0.380. The Bertz CT molecular complexity index is 740. The number of para-hydroxylation sites is 1. The van der Waals surface area contributed by atoms with Gasteiger partial charge < -0.3 is 10.1 Å². The molecule has 0 saturated heterocycles. The van der Waals surface area contributed by atoms with Gasteiger partial charge in [0.1, 0.15) is 11.6 Å². The number of ether oxygens (including phenoxy) is 1. The minimum absolute atomic E-state index is 0.171. The van der Waals surface area contributed by atoms with Crippen molar-refractivity contribution in [3.8, 4) is 5.75 Å². The maximum absolute atomic E-state index is 13.6. The molecule has 1 heterocycles. The maximum Gasteiger partial charge on any atom is 0.124 e. The zero-order valence-corrected chi connectivity index (χ0v) is 12.4. The first-order valence-corrected chi connectivity index (χ1v) is 7.63. The Morgan fingerprint density at radius 3 is 2.86 bits per heavy atom. The molecule has 0 aromatic heterocycles. The standard InChI is InChI=1S/C19H18FNO/c1-22-18-8-3-2-5-15(18)19-14-7-4-6-13(14)16-11-12(20)9-10-17(16)21-19/h2-6,8-11,13-14,19,21H,7H2,1H3/t13-,14-,19+/m0/s1. The molecule has 0 spiro atoms. The van der Waals surface area contributed by atoms with Crippen LogP contribution in [0.2, 0.25) is 0 Å². The molecule has 0 radical (unpaired) electrons. The fraction of sp³-hybridized carbons (Fsp3) is 0.263. The molecule has 1 N–H and O–H groups in total. The molecular weight excluding hydrogens is 277 g/mol. The molecule has 2 aromatic rings. The summed E-state index contributed by atoms with van der Waals surface area (Å²) in [6.07, 6.45) is 5.42. The van der Waals surface area contributed by atoms with Crippen molar-refractivity contribution in [3.05, 3.63) is 71.6 Å². The maximum atomic E-state index is 13.6. The van der Waals surface area contributed by atoms with Crippen LogP contribution in [-0.4, -0.2) is 7.11 Å². The van der Waals surface area contributed by atoms with E-state index in [2.05, 4.69) is 23.5 Å². The molecule has 4 rings (SSSR count). The van der Waals surface area contributed by atoms with E-state index in [0.29, 0.717) is 5.92 Å². The van der Waals surface area contributed by atoms with Crippen LogP contribution >= 0.6 is 0 Å². The van der Waals surface area contributed by atoms with Gasteiger partial charge in [0.25, 0.3) is 0 Å². The van der Waals surface area contributed by atoms with E-state index < -0.39 is 0 Å². The molecule has 2 aromatic carbocycles. The molecular formula is C19H18FNO. The Kier molecular flexibility index (Phi) is 3.14. The second-order valence-corrected chi connectivity index (χ2v) is 5.95. The molecule has 2 nitrogen and oxygen atoms in total. The lowest BCUT2D eigenvalue weighted by atomic mass is 9.77. The van der Waals surface area contributed by atoms with Crippen molar-refractivity contribution in [2.45, 2.75) is 18.4 Å². The zero-order valence-electron chi connectivity index (χ0n) is 12.4. The summed E-state index contributed by atoms with van der Waals surface area (Å²) in [5, 5.41) is 3.60. The summed E-state index contributed by atoms with van der Waals surface area (Å²) in [4.78, 5) is 0. The minimum atomic E-state index is -0.171. The summed E-state index contributed by atoms with van der Waals surface area (Å²) >= 11 is 0. The van der Waals surface area contributed by atoms with E-state index in [0.717, 1.165) is 23.4 Å². The van der Waals surface area contributed by atoms with Gasteiger partial charge in [0.2, 0.25) is 0 Å². The molecule has 1 aliphatic heterocycles. The van der Waals surface area contributed by atoms with E-state index in [-0.39, 0.29) is 17.8 Å².